The van der Waals surface area contributed by atoms with E-state index in [1.807, 2.05) is 39.0 Å². The Labute approximate surface area is 175 Å². The first-order chi connectivity index (χ1) is 14.1. The molecule has 5 rings (SSSR count). The van der Waals surface area contributed by atoms with Gasteiger partial charge in [0.05, 0.1) is 5.69 Å². The number of carbonyl (C=O) groups excluding carboxylic acids is 3. The smallest absolute Gasteiger partial charge is 0.320 e. The number of amides is 4. The molecule has 1 unspecified atom stereocenters. The third-order valence-electron chi connectivity index (χ3n) is 6.47. The van der Waals surface area contributed by atoms with Gasteiger partial charge in [-0.25, -0.2) is 4.79 Å². The molecule has 0 bridgehead atoms. The van der Waals surface area contributed by atoms with Crippen molar-refractivity contribution < 1.29 is 14.4 Å². The average Bonchev–Trinajstić information content (AvgIpc) is 3.29. The van der Waals surface area contributed by atoms with Gasteiger partial charge in [0.15, 0.2) is 4.87 Å². The van der Waals surface area contributed by atoms with Gasteiger partial charge in [0.2, 0.25) is 5.91 Å². The van der Waals surface area contributed by atoms with Crippen LogP contribution >= 0.6 is 11.8 Å². The van der Waals surface area contributed by atoms with E-state index in [4.69, 9.17) is 0 Å². The van der Waals surface area contributed by atoms with E-state index in [0.717, 1.165) is 36.5 Å². The molecular weight excluding hydrogens is 388 g/mol. The van der Waals surface area contributed by atoms with Crippen LogP contribution in [0, 0.1) is 0 Å². The minimum absolute atomic E-state index is 0.00891. The first-order valence-electron chi connectivity index (χ1n) is 10.5. The number of likely N-dealkylation sites (tertiary alicyclic amines) is 1. The summed E-state index contributed by atoms with van der Waals surface area (Å²) in [6, 6.07) is 7.87. The number of piperidine rings is 1. The molecule has 154 valence electrons. The van der Waals surface area contributed by atoms with Crippen LogP contribution in [0.1, 0.15) is 32.1 Å². The lowest BCUT2D eigenvalue weighted by molar-refractivity contribution is -0.135. The van der Waals surface area contributed by atoms with E-state index in [-0.39, 0.29) is 17.8 Å². The van der Waals surface area contributed by atoms with Crippen LogP contribution < -0.4 is 4.90 Å². The monoisotopic (exact) mass is 414 g/mol. The van der Waals surface area contributed by atoms with Crippen molar-refractivity contribution in [2.75, 3.05) is 44.2 Å². The van der Waals surface area contributed by atoms with Crippen LogP contribution in [0.25, 0.3) is 0 Å². The summed E-state index contributed by atoms with van der Waals surface area (Å²) >= 11 is 1.51. The Morgan fingerprint density at radius 1 is 0.862 bits per heavy atom. The molecule has 4 aliphatic heterocycles. The second-order valence-electron chi connectivity index (χ2n) is 8.19. The summed E-state index contributed by atoms with van der Waals surface area (Å²) in [4.78, 5) is 46.5. The van der Waals surface area contributed by atoms with Gasteiger partial charge in [-0.2, -0.15) is 0 Å². The van der Waals surface area contributed by atoms with Crippen LogP contribution in [0.3, 0.4) is 0 Å². The van der Waals surface area contributed by atoms with Crippen molar-refractivity contribution in [1.29, 1.82) is 0 Å². The highest BCUT2D eigenvalue weighted by Crippen LogP contribution is 2.56. The number of benzene rings is 1. The normalized spacial score (nSPS) is 26.6. The zero-order valence-corrected chi connectivity index (χ0v) is 17.3. The molecule has 0 aliphatic carbocycles. The molecule has 0 spiro atoms. The molecule has 1 atom stereocenters. The molecule has 3 saturated heterocycles. The molecule has 7 nitrogen and oxygen atoms in total. The van der Waals surface area contributed by atoms with Crippen molar-refractivity contribution in [2.45, 2.75) is 41.9 Å². The maximum absolute atomic E-state index is 13.6. The summed E-state index contributed by atoms with van der Waals surface area (Å²) in [5, 5.41) is 0. The van der Waals surface area contributed by atoms with Crippen molar-refractivity contribution in [1.82, 2.24) is 14.7 Å². The molecule has 4 aliphatic rings. The van der Waals surface area contributed by atoms with E-state index >= 15 is 0 Å². The van der Waals surface area contributed by atoms with E-state index in [1.54, 1.807) is 4.90 Å². The summed E-state index contributed by atoms with van der Waals surface area (Å²) in [7, 11) is 0. The van der Waals surface area contributed by atoms with Crippen molar-refractivity contribution >= 4 is 35.3 Å². The summed E-state index contributed by atoms with van der Waals surface area (Å²) in [5.74, 6) is 0.0318. The van der Waals surface area contributed by atoms with E-state index < -0.39 is 4.87 Å². The molecule has 0 radical (unpaired) electrons. The first kappa shape index (κ1) is 18.8. The predicted octanol–water partition coefficient (Wildman–Crippen LogP) is 2.37. The van der Waals surface area contributed by atoms with Gasteiger partial charge in [-0.3, -0.25) is 14.5 Å². The maximum Gasteiger partial charge on any atom is 0.320 e. The van der Waals surface area contributed by atoms with Crippen LogP contribution in [0.15, 0.2) is 29.2 Å². The third kappa shape index (κ3) is 2.99. The highest BCUT2D eigenvalue weighted by Gasteiger charge is 2.58. The fourth-order valence-electron chi connectivity index (χ4n) is 4.92. The predicted molar refractivity (Wildman–Crippen MR) is 111 cm³/mol. The first-order valence-corrected chi connectivity index (χ1v) is 11.4. The highest BCUT2D eigenvalue weighted by atomic mass is 32.2. The lowest BCUT2D eigenvalue weighted by atomic mass is 10.1. The minimum atomic E-state index is -0.847. The highest BCUT2D eigenvalue weighted by molar-refractivity contribution is 8.02. The summed E-state index contributed by atoms with van der Waals surface area (Å²) < 4.78 is 0. The van der Waals surface area contributed by atoms with Crippen LogP contribution in [-0.4, -0.2) is 76.7 Å². The molecule has 4 amide bonds. The number of urea groups is 1. The number of hydrogen-bond donors (Lipinski definition) is 0. The van der Waals surface area contributed by atoms with Gasteiger partial charge >= 0.3 is 6.03 Å². The molecular formula is C21H26N4O3S. The number of carbonyl (C=O) groups is 3. The van der Waals surface area contributed by atoms with Crippen LogP contribution in [0.2, 0.25) is 0 Å². The number of anilines is 1. The second-order valence-corrected chi connectivity index (χ2v) is 9.51. The molecule has 4 heterocycles. The Hall–Kier alpha value is -2.22. The number of hydrogen-bond acceptors (Lipinski definition) is 4. The topological polar surface area (TPSA) is 64.2 Å². The largest absolute Gasteiger partial charge is 0.336 e. The molecule has 0 saturated carbocycles. The molecule has 3 fully saturated rings. The maximum atomic E-state index is 13.6. The van der Waals surface area contributed by atoms with Gasteiger partial charge < -0.3 is 14.7 Å². The van der Waals surface area contributed by atoms with Crippen LogP contribution in [0.4, 0.5) is 10.5 Å². The summed E-state index contributed by atoms with van der Waals surface area (Å²) in [5.41, 5.74) is 0.854. The number of thioether (sulfide) groups is 1. The van der Waals surface area contributed by atoms with E-state index in [2.05, 4.69) is 0 Å². The number of nitrogens with zero attached hydrogens (tertiary/aromatic N) is 4. The van der Waals surface area contributed by atoms with E-state index in [0.29, 0.717) is 39.0 Å². The molecule has 8 heteroatoms. The molecule has 1 aromatic rings. The van der Waals surface area contributed by atoms with Crippen LogP contribution in [-0.2, 0) is 9.59 Å². The fourth-order valence-corrected chi connectivity index (χ4v) is 6.40. The summed E-state index contributed by atoms with van der Waals surface area (Å²) in [6.07, 6.45) is 4.30. The Morgan fingerprint density at radius 2 is 1.52 bits per heavy atom. The quantitative estimate of drug-likeness (QED) is 0.708. The van der Waals surface area contributed by atoms with Crippen molar-refractivity contribution in [3.8, 4) is 0 Å². The number of piperazine rings is 1. The van der Waals surface area contributed by atoms with Gasteiger partial charge in [0.1, 0.15) is 0 Å². The van der Waals surface area contributed by atoms with Gasteiger partial charge in [-0.15, -0.1) is 0 Å². The summed E-state index contributed by atoms with van der Waals surface area (Å²) in [6.45, 7) is 3.85. The number of para-hydroxylation sites is 1. The SMILES string of the molecule is O=C(N1CCCCC1)N1CCN(C(=O)C23CCC(=O)N2c2ccccc2S3)CC1. The second kappa shape index (κ2) is 7.23. The van der Waals surface area contributed by atoms with Gasteiger partial charge in [-0.1, -0.05) is 23.9 Å². The van der Waals surface area contributed by atoms with E-state index in [9.17, 15) is 14.4 Å². The fraction of sp³-hybridized carbons (Fsp3) is 0.571. The molecule has 0 aromatic heterocycles. The standard InChI is InChI=1S/C21H26N4O3S/c26-18-8-9-21(25(18)16-6-2-3-7-17(16)29-21)19(27)22-12-14-24(15-13-22)20(28)23-10-4-1-5-11-23/h2-3,6-7H,1,4-5,8-15H2. The van der Waals surface area contributed by atoms with E-state index in [1.165, 1.54) is 18.2 Å². The van der Waals surface area contributed by atoms with Crippen molar-refractivity contribution in [2.24, 2.45) is 0 Å². The van der Waals surface area contributed by atoms with Crippen molar-refractivity contribution in [3.63, 3.8) is 0 Å². The average molecular weight is 415 g/mol. The van der Waals surface area contributed by atoms with Crippen molar-refractivity contribution in [3.05, 3.63) is 24.3 Å². The molecule has 1 aromatic carbocycles. The van der Waals surface area contributed by atoms with Crippen LogP contribution in [0.5, 0.6) is 0 Å². The lowest BCUT2D eigenvalue weighted by Crippen LogP contribution is -2.60. The zero-order valence-electron chi connectivity index (χ0n) is 16.5. The Balaban J connectivity index is 1.29. The lowest BCUT2D eigenvalue weighted by Gasteiger charge is -2.41. The number of rotatable bonds is 1. The Kier molecular flexibility index (Phi) is 4.69. The molecule has 0 N–H and O–H groups in total. The number of fused-ring (bicyclic) bond motifs is 3. The third-order valence-corrected chi connectivity index (χ3v) is 7.94. The van der Waals surface area contributed by atoms with Gasteiger partial charge in [0, 0.05) is 50.6 Å². The van der Waals surface area contributed by atoms with Gasteiger partial charge in [-0.05, 0) is 37.8 Å². The molecule has 29 heavy (non-hydrogen) atoms. The zero-order chi connectivity index (χ0) is 20.0. The Morgan fingerprint density at radius 3 is 2.28 bits per heavy atom. The Bertz CT molecular complexity index is 848. The minimum Gasteiger partial charge on any atom is -0.336 e. The van der Waals surface area contributed by atoms with Gasteiger partial charge in [0.25, 0.3) is 5.91 Å².